The van der Waals surface area contributed by atoms with E-state index in [1.807, 2.05) is 36.0 Å². The molecule has 0 aliphatic rings. The molecule has 102 valence electrons. The minimum absolute atomic E-state index is 0.0475. The zero-order valence-corrected chi connectivity index (χ0v) is 12.5. The number of aromatic nitrogens is 2. The van der Waals surface area contributed by atoms with Crippen molar-refractivity contribution < 1.29 is 0 Å². The lowest BCUT2D eigenvalue weighted by Gasteiger charge is -2.21. The van der Waals surface area contributed by atoms with E-state index in [2.05, 4.69) is 17.3 Å². The Kier molecular flexibility index (Phi) is 4.86. The minimum Gasteiger partial charge on any atom is -0.305 e. The van der Waals surface area contributed by atoms with Crippen LogP contribution in [-0.4, -0.2) is 16.3 Å². The maximum atomic E-state index is 6.32. The second kappa shape index (κ2) is 6.42. The molecule has 3 nitrogen and oxygen atoms in total. The zero-order valence-electron chi connectivity index (χ0n) is 11.0. The fourth-order valence-corrected chi connectivity index (χ4v) is 2.71. The van der Waals surface area contributed by atoms with Gasteiger partial charge in [0.2, 0.25) is 0 Å². The van der Waals surface area contributed by atoms with Crippen molar-refractivity contribution in [3.8, 4) is 0 Å². The van der Waals surface area contributed by atoms with Crippen molar-refractivity contribution in [2.45, 2.75) is 19.4 Å². The van der Waals surface area contributed by atoms with Crippen LogP contribution in [0.1, 0.15) is 30.6 Å². The lowest BCUT2D eigenvalue weighted by molar-refractivity contribution is 0.554. The first kappa shape index (κ1) is 14.4. The van der Waals surface area contributed by atoms with E-state index in [1.54, 1.807) is 6.20 Å². The Morgan fingerprint density at radius 3 is 2.47 bits per heavy atom. The molecule has 0 radical (unpaired) electrons. The monoisotopic (exact) mass is 297 g/mol. The molecule has 0 saturated carbocycles. The molecule has 1 unspecified atom stereocenters. The summed E-state index contributed by atoms with van der Waals surface area (Å²) in [5, 5.41) is 9.04. The van der Waals surface area contributed by atoms with Crippen LogP contribution in [0.3, 0.4) is 0 Å². The van der Waals surface area contributed by atoms with Gasteiger partial charge in [0.05, 0.1) is 11.7 Å². The van der Waals surface area contributed by atoms with Crippen LogP contribution in [0.25, 0.3) is 0 Å². The van der Waals surface area contributed by atoms with E-state index in [0.717, 1.165) is 24.2 Å². The predicted molar refractivity (Wildman–Crippen MR) is 79.8 cm³/mol. The van der Waals surface area contributed by atoms with Gasteiger partial charge in [0, 0.05) is 28.9 Å². The Labute approximate surface area is 123 Å². The first-order valence-corrected chi connectivity index (χ1v) is 7.06. The maximum absolute atomic E-state index is 6.32. The fraction of sp³-hybridized carbons (Fsp3) is 0.357. The highest BCUT2D eigenvalue weighted by atomic mass is 35.5. The highest BCUT2D eigenvalue weighted by Crippen LogP contribution is 2.33. The van der Waals surface area contributed by atoms with Crippen LogP contribution in [0.2, 0.25) is 10.0 Å². The Bertz CT molecular complexity index is 531. The second-order valence-electron chi connectivity index (χ2n) is 4.40. The van der Waals surface area contributed by atoms with Crippen LogP contribution in [0.15, 0.2) is 30.5 Å². The highest BCUT2D eigenvalue weighted by Gasteiger charge is 2.21. The maximum Gasteiger partial charge on any atom is 0.0777 e. The van der Waals surface area contributed by atoms with Crippen molar-refractivity contribution in [2.24, 2.45) is 7.05 Å². The number of hydrogen-bond acceptors (Lipinski definition) is 2. The minimum atomic E-state index is -0.0475. The van der Waals surface area contributed by atoms with Crippen LogP contribution < -0.4 is 5.32 Å². The topological polar surface area (TPSA) is 29.9 Å². The van der Waals surface area contributed by atoms with Crippen molar-refractivity contribution >= 4 is 23.2 Å². The molecular weight excluding hydrogens is 281 g/mol. The van der Waals surface area contributed by atoms with Gasteiger partial charge in [0.1, 0.15) is 0 Å². The van der Waals surface area contributed by atoms with Crippen LogP contribution in [0.5, 0.6) is 0 Å². The van der Waals surface area contributed by atoms with Crippen LogP contribution in [0.4, 0.5) is 0 Å². The smallest absolute Gasteiger partial charge is 0.0777 e. The first-order valence-electron chi connectivity index (χ1n) is 6.30. The first-order chi connectivity index (χ1) is 9.15. The zero-order chi connectivity index (χ0) is 13.8. The van der Waals surface area contributed by atoms with Gasteiger partial charge in [-0.25, -0.2) is 0 Å². The summed E-state index contributed by atoms with van der Waals surface area (Å²) in [4.78, 5) is 0. The molecule has 1 atom stereocenters. The summed E-state index contributed by atoms with van der Waals surface area (Å²) in [6.45, 7) is 3.01. The van der Waals surface area contributed by atoms with Gasteiger partial charge >= 0.3 is 0 Å². The number of nitrogens with zero attached hydrogens (tertiary/aromatic N) is 2. The van der Waals surface area contributed by atoms with Gasteiger partial charge in [-0.1, -0.05) is 36.2 Å². The SMILES string of the molecule is CCCNC(c1c(Cl)cccc1Cl)c1ccnn1C. The number of hydrogen-bond donors (Lipinski definition) is 1. The number of rotatable bonds is 5. The van der Waals surface area contributed by atoms with Gasteiger partial charge in [-0.15, -0.1) is 0 Å². The number of benzene rings is 1. The lowest BCUT2D eigenvalue weighted by atomic mass is 10.0. The highest BCUT2D eigenvalue weighted by molar-refractivity contribution is 6.36. The molecule has 1 heterocycles. The van der Waals surface area contributed by atoms with E-state index in [0.29, 0.717) is 10.0 Å². The Balaban J connectivity index is 2.46. The summed E-state index contributed by atoms with van der Waals surface area (Å²) in [6.07, 6.45) is 2.82. The molecule has 0 saturated heterocycles. The third-order valence-corrected chi connectivity index (χ3v) is 3.70. The second-order valence-corrected chi connectivity index (χ2v) is 5.22. The van der Waals surface area contributed by atoms with Gasteiger partial charge in [0.15, 0.2) is 0 Å². The average Bonchev–Trinajstić information content (AvgIpc) is 2.79. The van der Waals surface area contributed by atoms with E-state index in [9.17, 15) is 0 Å². The van der Waals surface area contributed by atoms with Crippen molar-refractivity contribution in [3.05, 3.63) is 51.8 Å². The van der Waals surface area contributed by atoms with Gasteiger partial charge in [-0.3, -0.25) is 4.68 Å². The quantitative estimate of drug-likeness (QED) is 0.909. The molecular formula is C14H17Cl2N3. The van der Waals surface area contributed by atoms with E-state index in [4.69, 9.17) is 23.2 Å². The Hall–Kier alpha value is -1.03. The van der Waals surface area contributed by atoms with Crippen LogP contribution in [-0.2, 0) is 7.05 Å². The number of halogens is 2. The lowest BCUT2D eigenvalue weighted by Crippen LogP contribution is -2.25. The third-order valence-electron chi connectivity index (χ3n) is 3.04. The molecule has 0 amide bonds. The van der Waals surface area contributed by atoms with E-state index >= 15 is 0 Å². The largest absolute Gasteiger partial charge is 0.305 e. The van der Waals surface area contributed by atoms with E-state index < -0.39 is 0 Å². The van der Waals surface area contributed by atoms with Crippen molar-refractivity contribution in [1.29, 1.82) is 0 Å². The predicted octanol–water partition coefficient (Wildman–Crippen LogP) is 3.82. The molecule has 0 spiro atoms. The summed E-state index contributed by atoms with van der Waals surface area (Å²) >= 11 is 12.6. The van der Waals surface area contributed by atoms with Crippen molar-refractivity contribution in [2.75, 3.05) is 6.54 Å². The molecule has 1 aromatic heterocycles. The van der Waals surface area contributed by atoms with Gasteiger partial charge in [-0.05, 0) is 31.2 Å². The van der Waals surface area contributed by atoms with Gasteiger partial charge in [0.25, 0.3) is 0 Å². The third kappa shape index (κ3) is 3.11. The normalized spacial score (nSPS) is 12.6. The van der Waals surface area contributed by atoms with E-state index in [-0.39, 0.29) is 6.04 Å². The van der Waals surface area contributed by atoms with Crippen LogP contribution in [0, 0.1) is 0 Å². The van der Waals surface area contributed by atoms with Crippen molar-refractivity contribution in [3.63, 3.8) is 0 Å². The summed E-state index contributed by atoms with van der Waals surface area (Å²) < 4.78 is 1.84. The standard InChI is InChI=1S/C14H17Cl2N3/c1-3-8-17-14(12-7-9-18-19(12)2)13-10(15)5-4-6-11(13)16/h4-7,9,14,17H,3,8H2,1-2H3. The van der Waals surface area contributed by atoms with Crippen LogP contribution >= 0.6 is 23.2 Å². The molecule has 2 rings (SSSR count). The Morgan fingerprint density at radius 2 is 1.95 bits per heavy atom. The summed E-state index contributed by atoms with van der Waals surface area (Å²) in [5.41, 5.74) is 1.95. The molecule has 5 heteroatoms. The number of aryl methyl sites for hydroxylation is 1. The number of nitrogens with one attached hydrogen (secondary N) is 1. The summed E-state index contributed by atoms with van der Waals surface area (Å²) in [6, 6.07) is 7.51. The molecule has 1 aromatic carbocycles. The fourth-order valence-electron chi connectivity index (χ4n) is 2.10. The summed E-state index contributed by atoms with van der Waals surface area (Å²) in [5.74, 6) is 0. The molecule has 2 aromatic rings. The van der Waals surface area contributed by atoms with Gasteiger partial charge in [-0.2, -0.15) is 5.10 Å². The average molecular weight is 298 g/mol. The van der Waals surface area contributed by atoms with E-state index in [1.165, 1.54) is 0 Å². The van der Waals surface area contributed by atoms with Crippen molar-refractivity contribution in [1.82, 2.24) is 15.1 Å². The molecule has 1 N–H and O–H groups in total. The van der Waals surface area contributed by atoms with Gasteiger partial charge < -0.3 is 5.32 Å². The summed E-state index contributed by atoms with van der Waals surface area (Å²) in [7, 11) is 1.92. The molecule has 0 bridgehead atoms. The molecule has 0 fully saturated rings. The molecule has 0 aliphatic carbocycles. The Morgan fingerprint density at radius 1 is 1.26 bits per heavy atom. The molecule has 0 aliphatic heterocycles. The molecule has 19 heavy (non-hydrogen) atoms.